The molecule has 0 saturated carbocycles. The van der Waals surface area contributed by atoms with Gasteiger partial charge in [0.2, 0.25) is 20.4 Å². The second kappa shape index (κ2) is 31.3. The summed E-state index contributed by atoms with van der Waals surface area (Å²) in [5, 5.41) is 10.4. The van der Waals surface area contributed by atoms with Crippen LogP contribution < -0.4 is 96.3 Å². The first-order chi connectivity index (χ1) is 37.1. The van der Waals surface area contributed by atoms with Crippen LogP contribution in [0, 0.1) is 0 Å². The summed E-state index contributed by atoms with van der Waals surface area (Å²) in [6.07, 6.45) is 3.42. The van der Waals surface area contributed by atoms with Crippen LogP contribution in [0.2, 0.25) is 0 Å². The number of ether oxygens (including phenoxy) is 6. The van der Waals surface area contributed by atoms with E-state index in [2.05, 4.69) is 136 Å². The second-order valence-electron chi connectivity index (χ2n) is 19.5. The average molecular weight is 1120 g/mol. The van der Waals surface area contributed by atoms with Crippen LogP contribution in [0.25, 0.3) is 0 Å². The number of nitrogens with one attached hydrogen (secondary N) is 3. The SMILES string of the molecule is [Cl-].[Cl-].[Cl-].c1ccc(N2CCN(CCCNc3ccc4c(c3)OCO4)CC2)cc1.c1ccc(N2CCN(CCCNc3ccc4c(c3)OCO4)CC2)cc1.c1ccc(N2CCN(CCCNc3ccc4c(c3)OCO4)CC2)cc1. The summed E-state index contributed by atoms with van der Waals surface area (Å²) in [5.41, 5.74) is 7.30. The molecular weight excluding hydrogens is 1050 g/mol. The largest absolute Gasteiger partial charge is 1.00 e. The van der Waals surface area contributed by atoms with Gasteiger partial charge in [0, 0.05) is 150 Å². The molecule has 6 aliphatic heterocycles. The van der Waals surface area contributed by atoms with Crippen LogP contribution in [0.5, 0.6) is 34.5 Å². The lowest BCUT2D eigenvalue weighted by Crippen LogP contribution is -3.00. The number of nitrogens with zero attached hydrogens (tertiary/aromatic N) is 6. The van der Waals surface area contributed by atoms with E-state index in [1.807, 2.05) is 54.6 Å². The zero-order valence-electron chi connectivity index (χ0n) is 44.6. The Kier molecular flexibility index (Phi) is 23.8. The highest BCUT2D eigenvalue weighted by atomic mass is 35.5. The highest BCUT2D eigenvalue weighted by Crippen LogP contribution is 2.36. The van der Waals surface area contributed by atoms with Crippen molar-refractivity contribution < 1.29 is 65.6 Å². The summed E-state index contributed by atoms with van der Waals surface area (Å²) in [6.45, 7) is 20.8. The molecule has 6 aliphatic rings. The molecule has 6 heterocycles. The minimum absolute atomic E-state index is 0. The van der Waals surface area contributed by atoms with Crippen LogP contribution in [0.3, 0.4) is 0 Å². The van der Waals surface area contributed by atoms with E-state index in [1.54, 1.807) is 0 Å². The summed E-state index contributed by atoms with van der Waals surface area (Å²) in [5.74, 6) is 5.01. The van der Waals surface area contributed by atoms with E-state index in [4.69, 9.17) is 28.4 Å². The van der Waals surface area contributed by atoms with E-state index in [9.17, 15) is 0 Å². The monoisotopic (exact) mass is 1120 g/mol. The molecule has 18 heteroatoms. The number of rotatable bonds is 18. The maximum Gasteiger partial charge on any atom is 0.231 e. The van der Waals surface area contributed by atoms with E-state index in [-0.39, 0.29) is 37.2 Å². The van der Waals surface area contributed by atoms with Gasteiger partial charge in [0.25, 0.3) is 0 Å². The Morgan fingerprint density at radius 3 is 0.821 bits per heavy atom. The van der Waals surface area contributed by atoms with Gasteiger partial charge in [-0.1, -0.05) is 54.6 Å². The number of anilines is 6. The van der Waals surface area contributed by atoms with E-state index in [0.717, 1.165) is 189 Å². The van der Waals surface area contributed by atoms with Gasteiger partial charge in [-0.05, 0) is 112 Å². The van der Waals surface area contributed by atoms with Gasteiger partial charge in [0.05, 0.1) is 0 Å². The minimum Gasteiger partial charge on any atom is -1.00 e. The number of hydrogen-bond donors (Lipinski definition) is 3. The predicted octanol–water partition coefficient (Wildman–Crippen LogP) is 0.130. The van der Waals surface area contributed by atoms with Gasteiger partial charge >= 0.3 is 0 Å². The van der Waals surface area contributed by atoms with Gasteiger partial charge in [-0.2, -0.15) is 0 Å². The number of benzene rings is 6. The van der Waals surface area contributed by atoms with Crippen molar-refractivity contribution in [2.45, 2.75) is 19.3 Å². The van der Waals surface area contributed by atoms with Crippen LogP contribution in [0.4, 0.5) is 34.1 Å². The van der Waals surface area contributed by atoms with Crippen LogP contribution in [0.15, 0.2) is 146 Å². The molecule has 0 amide bonds. The number of para-hydroxylation sites is 3. The Hall–Kier alpha value is -6.33. The molecule has 0 spiro atoms. The fraction of sp³-hybridized carbons (Fsp3) is 0.400. The molecule has 12 rings (SSSR count). The Morgan fingerprint density at radius 2 is 0.551 bits per heavy atom. The normalized spacial score (nSPS) is 16.2. The van der Waals surface area contributed by atoms with Gasteiger partial charge < -0.3 is 96.3 Å². The van der Waals surface area contributed by atoms with Crippen molar-refractivity contribution >= 4 is 34.1 Å². The quantitative estimate of drug-likeness (QED) is 0.102. The van der Waals surface area contributed by atoms with Crippen LogP contribution in [0.1, 0.15) is 19.3 Å². The first-order valence-corrected chi connectivity index (χ1v) is 27.1. The molecule has 0 aliphatic carbocycles. The molecular formula is C60H75Cl3N9O6-3. The fourth-order valence-corrected chi connectivity index (χ4v) is 10.2. The molecule has 0 unspecified atom stereocenters. The summed E-state index contributed by atoms with van der Waals surface area (Å²) < 4.78 is 32.3. The molecule has 3 fully saturated rings. The van der Waals surface area contributed by atoms with E-state index in [1.165, 1.54) is 17.1 Å². The minimum atomic E-state index is 0. The molecule has 420 valence electrons. The molecule has 0 atom stereocenters. The number of fused-ring (bicyclic) bond motifs is 3. The van der Waals surface area contributed by atoms with Gasteiger partial charge in [-0.15, -0.1) is 0 Å². The van der Waals surface area contributed by atoms with Crippen molar-refractivity contribution in [3.8, 4) is 34.5 Å². The molecule has 15 nitrogen and oxygen atoms in total. The van der Waals surface area contributed by atoms with Crippen molar-refractivity contribution in [2.24, 2.45) is 0 Å². The summed E-state index contributed by atoms with van der Waals surface area (Å²) in [6, 6.07) is 50.2. The molecule has 0 aromatic heterocycles. The Bertz CT molecular complexity index is 2360. The molecule has 0 radical (unpaired) electrons. The maximum atomic E-state index is 5.41. The maximum absolute atomic E-state index is 5.41. The van der Waals surface area contributed by atoms with Crippen molar-refractivity contribution in [3.05, 3.63) is 146 Å². The third-order valence-corrected chi connectivity index (χ3v) is 14.5. The number of hydrogen-bond acceptors (Lipinski definition) is 15. The fourth-order valence-electron chi connectivity index (χ4n) is 10.2. The summed E-state index contributed by atoms with van der Waals surface area (Å²) in [4.78, 5) is 15.1. The molecule has 3 N–H and O–H groups in total. The molecule has 6 aromatic rings. The van der Waals surface area contributed by atoms with Crippen LogP contribution in [-0.4, -0.2) is 153 Å². The first-order valence-electron chi connectivity index (χ1n) is 27.1. The lowest BCUT2D eigenvalue weighted by atomic mass is 10.2. The Morgan fingerprint density at radius 1 is 0.295 bits per heavy atom. The highest BCUT2D eigenvalue weighted by Gasteiger charge is 2.20. The third kappa shape index (κ3) is 17.3. The standard InChI is InChI=1S/3C20H25N3O2.3ClH/c3*1-2-5-18(6-3-1)23-13-11-22(12-14-23)10-4-9-21-17-7-8-19-20(15-17)25-16-24-19;;;/h3*1-3,5-8,15,21H,4,9-14,16H2;3*1H/p-3. The van der Waals surface area contributed by atoms with E-state index >= 15 is 0 Å². The van der Waals surface area contributed by atoms with Crippen molar-refractivity contribution in [2.75, 3.05) is 169 Å². The summed E-state index contributed by atoms with van der Waals surface area (Å²) in [7, 11) is 0. The Balaban J connectivity index is 0.000000166. The topological polar surface area (TPSA) is 111 Å². The molecule has 3 saturated heterocycles. The Labute approximate surface area is 480 Å². The zero-order chi connectivity index (χ0) is 50.7. The van der Waals surface area contributed by atoms with E-state index in [0.29, 0.717) is 20.4 Å². The number of halogens is 3. The average Bonchev–Trinajstić information content (AvgIpc) is 4.29. The lowest BCUT2D eigenvalue weighted by Gasteiger charge is -2.36. The molecule has 6 aromatic carbocycles. The van der Waals surface area contributed by atoms with Crippen LogP contribution >= 0.6 is 0 Å². The lowest BCUT2D eigenvalue weighted by molar-refractivity contribution is -0.00100. The van der Waals surface area contributed by atoms with Crippen molar-refractivity contribution in [3.63, 3.8) is 0 Å². The van der Waals surface area contributed by atoms with Gasteiger partial charge in [0.15, 0.2) is 34.5 Å². The van der Waals surface area contributed by atoms with Gasteiger partial charge in [-0.3, -0.25) is 14.7 Å². The van der Waals surface area contributed by atoms with Crippen molar-refractivity contribution in [1.29, 1.82) is 0 Å². The van der Waals surface area contributed by atoms with Gasteiger partial charge in [0.1, 0.15) is 0 Å². The predicted molar refractivity (Wildman–Crippen MR) is 302 cm³/mol. The summed E-state index contributed by atoms with van der Waals surface area (Å²) >= 11 is 0. The smallest absolute Gasteiger partial charge is 0.231 e. The molecule has 78 heavy (non-hydrogen) atoms. The third-order valence-electron chi connectivity index (χ3n) is 14.5. The molecule has 0 bridgehead atoms. The van der Waals surface area contributed by atoms with Gasteiger partial charge in [-0.25, -0.2) is 0 Å². The highest BCUT2D eigenvalue weighted by molar-refractivity contribution is 5.58. The van der Waals surface area contributed by atoms with E-state index < -0.39 is 0 Å². The zero-order valence-corrected chi connectivity index (χ0v) is 46.9. The number of piperazine rings is 3. The van der Waals surface area contributed by atoms with Crippen molar-refractivity contribution in [1.82, 2.24) is 14.7 Å². The second-order valence-corrected chi connectivity index (χ2v) is 19.5. The first kappa shape index (κ1) is 59.3. The van der Waals surface area contributed by atoms with Crippen LogP contribution in [-0.2, 0) is 0 Å².